The van der Waals surface area contributed by atoms with E-state index in [2.05, 4.69) is 38.1 Å². The summed E-state index contributed by atoms with van der Waals surface area (Å²) in [7, 11) is 1.62. The van der Waals surface area contributed by atoms with Crippen molar-refractivity contribution in [2.24, 2.45) is 0 Å². The van der Waals surface area contributed by atoms with Crippen LogP contribution < -0.4 is 0 Å². The summed E-state index contributed by atoms with van der Waals surface area (Å²) in [6.45, 7) is 4.35. The van der Waals surface area contributed by atoms with Crippen LogP contribution >= 0.6 is 0 Å². The highest BCUT2D eigenvalue weighted by Gasteiger charge is 1.96. The number of nitrogens with zero attached hydrogens (tertiary/aromatic N) is 1. The smallest absolute Gasteiger partial charge is 0.0219 e. The van der Waals surface area contributed by atoms with Crippen molar-refractivity contribution < 1.29 is 0 Å². The van der Waals surface area contributed by atoms with Crippen LogP contribution in [0.15, 0.2) is 24.3 Å². The predicted molar refractivity (Wildman–Crippen MR) is 55.6 cm³/mol. The molecule has 0 fully saturated rings. The Bertz CT molecular complexity index is 295. The highest BCUT2D eigenvalue weighted by atomic mass is 14.2. The molecule has 66 valence electrons. The summed E-state index contributed by atoms with van der Waals surface area (Å²) in [5.74, 6) is 2.61. The lowest BCUT2D eigenvalue weighted by atomic mass is 9.74. The van der Waals surface area contributed by atoms with Crippen LogP contribution in [-0.4, -0.2) is 7.28 Å². The van der Waals surface area contributed by atoms with Crippen molar-refractivity contribution in [3.05, 3.63) is 35.4 Å². The number of nitriles is 1. The molecule has 1 nitrogen and oxygen atoms in total. The number of hydrogen-bond acceptors (Lipinski definition) is 1. The van der Waals surface area contributed by atoms with Crippen molar-refractivity contribution in [2.45, 2.75) is 26.1 Å². The Hall–Kier alpha value is -1.23. The third kappa shape index (κ3) is 2.95. The van der Waals surface area contributed by atoms with Crippen LogP contribution in [0, 0.1) is 11.2 Å². The molecule has 1 aromatic rings. The molecule has 0 aromatic heterocycles. The molecule has 1 rings (SSSR count). The van der Waals surface area contributed by atoms with E-state index in [1.54, 1.807) is 7.28 Å². The number of hydrogen-bond donors (Lipinski definition) is 0. The van der Waals surface area contributed by atoms with Gasteiger partial charge in [0.05, 0.1) is 0 Å². The van der Waals surface area contributed by atoms with Gasteiger partial charge in [-0.05, 0) is 11.5 Å². The van der Waals surface area contributed by atoms with E-state index in [0.717, 1.165) is 6.32 Å². The molecule has 0 atom stereocenters. The molecule has 0 heterocycles. The van der Waals surface area contributed by atoms with E-state index in [1.807, 2.05) is 5.97 Å². The second-order valence-corrected chi connectivity index (χ2v) is 3.43. The Balaban J connectivity index is 2.65. The van der Waals surface area contributed by atoms with Crippen molar-refractivity contribution in [1.29, 1.82) is 5.26 Å². The Morgan fingerprint density at radius 1 is 1.31 bits per heavy atom. The molecule has 0 bridgehead atoms. The summed E-state index contributed by atoms with van der Waals surface area (Å²) in [6, 6.07) is 8.43. The van der Waals surface area contributed by atoms with Gasteiger partial charge in [0.25, 0.3) is 0 Å². The van der Waals surface area contributed by atoms with E-state index in [-0.39, 0.29) is 0 Å². The van der Waals surface area contributed by atoms with E-state index < -0.39 is 0 Å². The summed E-state index contributed by atoms with van der Waals surface area (Å²) in [5, 5.41) is 8.36. The zero-order valence-electron chi connectivity index (χ0n) is 8.12. The van der Waals surface area contributed by atoms with Gasteiger partial charge in [-0.3, -0.25) is 5.26 Å². The van der Waals surface area contributed by atoms with Gasteiger partial charge in [-0.25, -0.2) is 12.3 Å². The van der Waals surface area contributed by atoms with E-state index in [0.29, 0.717) is 5.92 Å². The molecule has 2 heteroatoms. The Morgan fingerprint density at radius 2 is 1.92 bits per heavy atom. The van der Waals surface area contributed by atoms with Crippen LogP contribution in [0.3, 0.4) is 0 Å². The first kappa shape index (κ1) is 9.86. The molecule has 0 saturated heterocycles. The van der Waals surface area contributed by atoms with E-state index >= 15 is 0 Å². The Kier molecular flexibility index (Phi) is 3.58. The van der Waals surface area contributed by atoms with Crippen LogP contribution in [0.5, 0.6) is 0 Å². The molecular formula is C11H13BN-. The summed E-state index contributed by atoms with van der Waals surface area (Å²) < 4.78 is 0. The third-order valence-electron chi connectivity index (χ3n) is 2.08. The standard InChI is InChI=1S/C11H13BN/c1-9(2)11-5-3-10(4-6-11)7-12-8-13/h3-6,9H,7H2,1-2H3/q-1. The molecule has 0 aliphatic rings. The monoisotopic (exact) mass is 170 g/mol. The van der Waals surface area contributed by atoms with Gasteiger partial charge in [0, 0.05) is 0 Å². The Morgan fingerprint density at radius 3 is 2.38 bits per heavy atom. The molecule has 0 aliphatic carbocycles. The molecule has 0 aliphatic heterocycles. The van der Waals surface area contributed by atoms with Crippen LogP contribution in [0.4, 0.5) is 0 Å². The first-order chi connectivity index (χ1) is 6.24. The maximum atomic E-state index is 8.36. The van der Waals surface area contributed by atoms with Crippen molar-refractivity contribution in [1.82, 2.24) is 0 Å². The topological polar surface area (TPSA) is 23.8 Å². The van der Waals surface area contributed by atoms with Crippen molar-refractivity contribution in [3.8, 4) is 5.97 Å². The molecule has 0 saturated carbocycles. The third-order valence-corrected chi connectivity index (χ3v) is 2.08. The summed E-state index contributed by atoms with van der Waals surface area (Å²) >= 11 is 0. The number of rotatable bonds is 3. The fraction of sp³-hybridized carbons (Fsp3) is 0.364. The average molecular weight is 170 g/mol. The molecule has 0 N–H and O–H groups in total. The van der Waals surface area contributed by atoms with Gasteiger partial charge in [-0.1, -0.05) is 43.7 Å². The number of benzene rings is 1. The molecule has 0 amide bonds. The van der Waals surface area contributed by atoms with Gasteiger partial charge in [0.15, 0.2) is 0 Å². The second kappa shape index (κ2) is 4.72. The lowest BCUT2D eigenvalue weighted by Crippen LogP contribution is -1.94. The lowest BCUT2D eigenvalue weighted by Gasteiger charge is -2.08. The molecule has 13 heavy (non-hydrogen) atoms. The molecule has 2 radical (unpaired) electrons. The molecule has 0 unspecified atom stereocenters. The van der Waals surface area contributed by atoms with Gasteiger partial charge >= 0.3 is 0 Å². The van der Waals surface area contributed by atoms with Crippen LogP contribution in [-0.2, 0) is 6.32 Å². The van der Waals surface area contributed by atoms with Gasteiger partial charge in [-0.2, -0.15) is 7.28 Å². The minimum absolute atomic E-state index is 0.578. The lowest BCUT2D eigenvalue weighted by molar-refractivity contribution is 0.866. The van der Waals surface area contributed by atoms with Crippen LogP contribution in [0.25, 0.3) is 0 Å². The van der Waals surface area contributed by atoms with Crippen molar-refractivity contribution in [3.63, 3.8) is 0 Å². The fourth-order valence-electron chi connectivity index (χ4n) is 1.20. The SMILES string of the molecule is CC(C)c1ccc(C[B-]C#N)cc1. The minimum Gasteiger partial charge on any atom is -0.257 e. The zero-order chi connectivity index (χ0) is 9.68. The van der Waals surface area contributed by atoms with Crippen molar-refractivity contribution in [2.75, 3.05) is 0 Å². The van der Waals surface area contributed by atoms with Gasteiger partial charge in [0.1, 0.15) is 0 Å². The van der Waals surface area contributed by atoms with E-state index in [4.69, 9.17) is 5.26 Å². The Labute approximate surface area is 80.6 Å². The largest absolute Gasteiger partial charge is 0.257 e. The summed E-state index contributed by atoms with van der Waals surface area (Å²) in [5.41, 5.74) is 2.55. The quantitative estimate of drug-likeness (QED) is 0.639. The highest BCUT2D eigenvalue weighted by Crippen LogP contribution is 2.14. The van der Waals surface area contributed by atoms with E-state index in [1.165, 1.54) is 11.1 Å². The van der Waals surface area contributed by atoms with Crippen LogP contribution in [0.2, 0.25) is 0 Å². The normalized spacial score (nSPS) is 10.0. The zero-order valence-corrected chi connectivity index (χ0v) is 8.12. The first-order valence-electron chi connectivity index (χ1n) is 4.54. The maximum absolute atomic E-state index is 8.36. The van der Waals surface area contributed by atoms with E-state index in [9.17, 15) is 0 Å². The maximum Gasteiger partial charge on any atom is -0.0219 e. The minimum atomic E-state index is 0.578. The van der Waals surface area contributed by atoms with Gasteiger partial charge in [0.2, 0.25) is 0 Å². The van der Waals surface area contributed by atoms with Gasteiger partial charge < -0.3 is 0 Å². The first-order valence-corrected chi connectivity index (χ1v) is 4.54. The summed E-state index contributed by atoms with van der Waals surface area (Å²) in [6.07, 6.45) is 0.745. The molecule has 1 aromatic carbocycles. The highest BCUT2D eigenvalue weighted by molar-refractivity contribution is 6.44. The fourth-order valence-corrected chi connectivity index (χ4v) is 1.20. The average Bonchev–Trinajstić information content (AvgIpc) is 2.15. The predicted octanol–water partition coefficient (Wildman–Crippen LogP) is 2.50. The van der Waals surface area contributed by atoms with Gasteiger partial charge in [-0.15, -0.1) is 0 Å². The second-order valence-electron chi connectivity index (χ2n) is 3.43. The van der Waals surface area contributed by atoms with Crippen LogP contribution in [0.1, 0.15) is 30.9 Å². The molecular weight excluding hydrogens is 157 g/mol. The van der Waals surface area contributed by atoms with Crippen molar-refractivity contribution >= 4 is 7.28 Å². The summed E-state index contributed by atoms with van der Waals surface area (Å²) in [4.78, 5) is 0. The molecule has 0 spiro atoms.